The number of ether oxygens (including phenoxy) is 1. The predicted molar refractivity (Wildman–Crippen MR) is 77.1 cm³/mol. The first kappa shape index (κ1) is 15.5. The molecule has 0 fully saturated rings. The quantitative estimate of drug-likeness (QED) is 0.858. The van der Waals surface area contributed by atoms with E-state index in [9.17, 15) is 4.79 Å². The van der Waals surface area contributed by atoms with E-state index in [2.05, 4.69) is 0 Å². The lowest BCUT2D eigenvalue weighted by Crippen LogP contribution is -2.40. The van der Waals surface area contributed by atoms with E-state index in [1.54, 1.807) is 11.8 Å². The van der Waals surface area contributed by atoms with E-state index in [0.29, 0.717) is 18.8 Å². The van der Waals surface area contributed by atoms with Gasteiger partial charge in [0.15, 0.2) is 6.10 Å². The van der Waals surface area contributed by atoms with E-state index in [4.69, 9.17) is 10.5 Å². The summed E-state index contributed by atoms with van der Waals surface area (Å²) in [4.78, 5) is 13.9. The molecule has 1 aromatic carbocycles. The summed E-state index contributed by atoms with van der Waals surface area (Å²) in [5, 5.41) is 0. The van der Waals surface area contributed by atoms with E-state index in [1.807, 2.05) is 45.0 Å². The second-order valence-corrected chi connectivity index (χ2v) is 4.63. The summed E-state index contributed by atoms with van der Waals surface area (Å²) in [7, 11) is 0. The van der Waals surface area contributed by atoms with Crippen LogP contribution in [-0.2, 0) is 4.79 Å². The van der Waals surface area contributed by atoms with Crippen LogP contribution in [0, 0.1) is 0 Å². The molecule has 0 saturated carbocycles. The third-order valence-corrected chi connectivity index (χ3v) is 3.12. The summed E-state index contributed by atoms with van der Waals surface area (Å²) in [5.74, 6) is 0.694. The Bertz CT molecular complexity index is 414. The summed E-state index contributed by atoms with van der Waals surface area (Å²) < 4.78 is 5.70. The largest absolute Gasteiger partial charge is 0.481 e. The Balaban J connectivity index is 2.73. The first-order chi connectivity index (χ1) is 8.99. The van der Waals surface area contributed by atoms with E-state index < -0.39 is 6.10 Å². The molecule has 0 saturated heterocycles. The Morgan fingerprint density at radius 1 is 1.32 bits per heavy atom. The molecule has 4 heteroatoms. The number of hydrogen-bond donors (Lipinski definition) is 1. The van der Waals surface area contributed by atoms with Gasteiger partial charge in [0.2, 0.25) is 0 Å². The summed E-state index contributed by atoms with van der Waals surface area (Å²) in [6, 6.07) is 7.53. The van der Waals surface area contributed by atoms with Crippen LogP contribution in [0.4, 0.5) is 0 Å². The molecule has 0 aliphatic rings. The molecule has 1 rings (SSSR count). The Labute approximate surface area is 115 Å². The average Bonchev–Trinajstić information content (AvgIpc) is 2.40. The SMILES string of the molecule is CCN(CC)C(=O)C(C)Oc1cccc(C(C)N)c1. The molecule has 1 aromatic rings. The van der Waals surface area contributed by atoms with Gasteiger partial charge in [0.05, 0.1) is 0 Å². The third kappa shape index (κ3) is 4.24. The number of hydrogen-bond acceptors (Lipinski definition) is 3. The zero-order valence-corrected chi connectivity index (χ0v) is 12.2. The molecule has 4 nitrogen and oxygen atoms in total. The Hall–Kier alpha value is -1.55. The van der Waals surface area contributed by atoms with Gasteiger partial charge in [-0.1, -0.05) is 12.1 Å². The van der Waals surface area contributed by atoms with Crippen molar-refractivity contribution in [2.45, 2.75) is 39.8 Å². The van der Waals surface area contributed by atoms with Gasteiger partial charge in [-0.25, -0.2) is 0 Å². The lowest BCUT2D eigenvalue weighted by Gasteiger charge is -2.23. The monoisotopic (exact) mass is 264 g/mol. The highest BCUT2D eigenvalue weighted by Gasteiger charge is 2.19. The predicted octanol–water partition coefficient (Wildman–Crippen LogP) is 2.34. The molecular formula is C15H24N2O2. The highest BCUT2D eigenvalue weighted by Crippen LogP contribution is 2.19. The van der Waals surface area contributed by atoms with Gasteiger partial charge in [0.25, 0.3) is 5.91 Å². The fourth-order valence-corrected chi connectivity index (χ4v) is 1.92. The van der Waals surface area contributed by atoms with Gasteiger partial charge in [-0.3, -0.25) is 4.79 Å². The van der Waals surface area contributed by atoms with Gasteiger partial charge in [-0.05, 0) is 45.4 Å². The first-order valence-corrected chi connectivity index (χ1v) is 6.80. The number of carbonyl (C=O) groups is 1. The Morgan fingerprint density at radius 3 is 2.47 bits per heavy atom. The van der Waals surface area contributed by atoms with Crippen LogP contribution in [0.2, 0.25) is 0 Å². The number of nitrogens with zero attached hydrogens (tertiary/aromatic N) is 1. The summed E-state index contributed by atoms with van der Waals surface area (Å²) in [6.07, 6.45) is -0.483. The van der Waals surface area contributed by atoms with Crippen molar-refractivity contribution < 1.29 is 9.53 Å². The number of amides is 1. The summed E-state index contributed by atoms with van der Waals surface area (Å²) >= 11 is 0. The minimum absolute atomic E-state index is 0.0104. The highest BCUT2D eigenvalue weighted by molar-refractivity contribution is 5.80. The van der Waals surface area contributed by atoms with Crippen molar-refractivity contribution in [2.24, 2.45) is 5.73 Å². The van der Waals surface area contributed by atoms with Crippen molar-refractivity contribution in [1.82, 2.24) is 4.90 Å². The van der Waals surface area contributed by atoms with Crippen LogP contribution in [0.25, 0.3) is 0 Å². The molecular weight excluding hydrogens is 240 g/mol. The van der Waals surface area contributed by atoms with Crippen LogP contribution in [-0.4, -0.2) is 30.0 Å². The fraction of sp³-hybridized carbons (Fsp3) is 0.533. The maximum absolute atomic E-state index is 12.1. The molecule has 2 unspecified atom stereocenters. The molecule has 1 amide bonds. The number of carbonyl (C=O) groups excluding carboxylic acids is 1. The van der Waals surface area contributed by atoms with Gasteiger partial charge in [-0.15, -0.1) is 0 Å². The van der Waals surface area contributed by atoms with E-state index in [-0.39, 0.29) is 11.9 Å². The van der Waals surface area contributed by atoms with Crippen molar-refractivity contribution >= 4 is 5.91 Å². The van der Waals surface area contributed by atoms with Crippen molar-refractivity contribution in [3.05, 3.63) is 29.8 Å². The van der Waals surface area contributed by atoms with E-state index >= 15 is 0 Å². The van der Waals surface area contributed by atoms with E-state index in [0.717, 1.165) is 5.56 Å². The molecule has 19 heavy (non-hydrogen) atoms. The minimum atomic E-state index is -0.483. The minimum Gasteiger partial charge on any atom is -0.481 e. The highest BCUT2D eigenvalue weighted by atomic mass is 16.5. The smallest absolute Gasteiger partial charge is 0.263 e. The van der Waals surface area contributed by atoms with Crippen LogP contribution < -0.4 is 10.5 Å². The van der Waals surface area contributed by atoms with E-state index in [1.165, 1.54) is 0 Å². The van der Waals surface area contributed by atoms with Crippen molar-refractivity contribution in [1.29, 1.82) is 0 Å². The molecule has 0 radical (unpaired) electrons. The van der Waals surface area contributed by atoms with Crippen LogP contribution >= 0.6 is 0 Å². The summed E-state index contributed by atoms with van der Waals surface area (Å²) in [5.41, 5.74) is 6.83. The third-order valence-electron chi connectivity index (χ3n) is 3.12. The fourth-order valence-electron chi connectivity index (χ4n) is 1.92. The maximum atomic E-state index is 12.1. The van der Waals surface area contributed by atoms with Crippen LogP contribution in [0.5, 0.6) is 5.75 Å². The van der Waals surface area contributed by atoms with Gasteiger partial charge in [0, 0.05) is 19.1 Å². The summed E-state index contributed by atoms with van der Waals surface area (Å²) in [6.45, 7) is 9.02. The molecule has 0 aromatic heterocycles. The number of nitrogens with two attached hydrogens (primary N) is 1. The van der Waals surface area contributed by atoms with Crippen LogP contribution in [0.3, 0.4) is 0 Å². The average molecular weight is 264 g/mol. The number of likely N-dealkylation sites (N-methyl/N-ethyl adjacent to an activating group) is 1. The molecule has 2 N–H and O–H groups in total. The topological polar surface area (TPSA) is 55.6 Å². The Morgan fingerprint density at radius 2 is 1.95 bits per heavy atom. The first-order valence-electron chi connectivity index (χ1n) is 6.80. The van der Waals surface area contributed by atoms with Crippen molar-refractivity contribution in [2.75, 3.05) is 13.1 Å². The van der Waals surface area contributed by atoms with Crippen LogP contribution in [0.1, 0.15) is 39.3 Å². The lowest BCUT2D eigenvalue weighted by atomic mass is 10.1. The van der Waals surface area contributed by atoms with Gasteiger partial charge >= 0.3 is 0 Å². The molecule has 0 aliphatic heterocycles. The maximum Gasteiger partial charge on any atom is 0.263 e. The zero-order chi connectivity index (χ0) is 14.4. The molecule has 0 bridgehead atoms. The molecule has 106 valence electrons. The normalized spacial score (nSPS) is 13.7. The molecule has 0 spiro atoms. The van der Waals surface area contributed by atoms with Crippen molar-refractivity contribution in [3.63, 3.8) is 0 Å². The van der Waals surface area contributed by atoms with Gasteiger partial charge in [0.1, 0.15) is 5.75 Å². The van der Waals surface area contributed by atoms with Crippen molar-refractivity contribution in [3.8, 4) is 5.75 Å². The van der Waals surface area contributed by atoms with Gasteiger partial charge < -0.3 is 15.4 Å². The standard InChI is InChI=1S/C15H24N2O2/c1-5-17(6-2)15(18)12(4)19-14-9-7-8-13(10-14)11(3)16/h7-12H,5-6,16H2,1-4H3. The van der Waals surface area contributed by atoms with Gasteiger partial charge in [-0.2, -0.15) is 0 Å². The Kier molecular flexibility index (Phi) is 5.83. The second kappa shape index (κ2) is 7.14. The molecule has 0 aliphatic carbocycles. The number of rotatable bonds is 6. The molecule has 2 atom stereocenters. The molecule has 0 heterocycles. The number of benzene rings is 1. The van der Waals surface area contributed by atoms with Crippen LogP contribution in [0.15, 0.2) is 24.3 Å². The zero-order valence-electron chi connectivity index (χ0n) is 12.2. The lowest BCUT2D eigenvalue weighted by molar-refractivity contribution is -0.137. The second-order valence-electron chi connectivity index (χ2n) is 4.63.